The SMILES string of the molecule is C[Si](C)(C)N([C@@H](Cc1ccccc1)C(=O)O)[Si](C)(C)C. The smallest absolute Gasteiger partial charge is 0.319 e. The van der Waals surface area contributed by atoms with Crippen molar-refractivity contribution in [1.29, 1.82) is 0 Å². The van der Waals surface area contributed by atoms with E-state index in [0.29, 0.717) is 6.42 Å². The summed E-state index contributed by atoms with van der Waals surface area (Å²) in [7, 11) is -3.38. The van der Waals surface area contributed by atoms with Gasteiger partial charge >= 0.3 is 5.97 Å². The highest BCUT2D eigenvalue weighted by atomic mass is 28.4. The molecule has 0 unspecified atom stereocenters. The lowest BCUT2D eigenvalue weighted by Gasteiger charge is -2.47. The molecule has 0 aliphatic rings. The number of carboxylic acids is 1. The minimum absolute atomic E-state index is 0.407. The Morgan fingerprint density at radius 3 is 1.85 bits per heavy atom. The molecule has 0 aliphatic heterocycles. The molecule has 0 radical (unpaired) electrons. The molecule has 0 amide bonds. The lowest BCUT2D eigenvalue weighted by atomic mass is 10.1. The summed E-state index contributed by atoms with van der Waals surface area (Å²) in [6, 6.07) is 9.54. The largest absolute Gasteiger partial charge is 0.480 e. The molecule has 20 heavy (non-hydrogen) atoms. The maximum absolute atomic E-state index is 11.8. The fourth-order valence-corrected chi connectivity index (χ4v) is 13.4. The Kier molecular flexibility index (Phi) is 5.35. The Morgan fingerprint density at radius 2 is 1.50 bits per heavy atom. The third-order valence-electron chi connectivity index (χ3n) is 3.31. The summed E-state index contributed by atoms with van der Waals surface area (Å²) < 4.78 is 2.37. The minimum atomic E-state index is -1.69. The van der Waals surface area contributed by atoms with Crippen molar-refractivity contribution < 1.29 is 9.90 Å². The van der Waals surface area contributed by atoms with Crippen LogP contribution in [0.15, 0.2) is 30.3 Å². The van der Waals surface area contributed by atoms with Crippen LogP contribution in [0.25, 0.3) is 0 Å². The fraction of sp³-hybridized carbons (Fsp3) is 0.533. The Balaban J connectivity index is 3.13. The van der Waals surface area contributed by atoms with Crippen molar-refractivity contribution in [3.05, 3.63) is 35.9 Å². The van der Waals surface area contributed by atoms with Gasteiger partial charge in [-0.1, -0.05) is 69.6 Å². The summed E-state index contributed by atoms with van der Waals surface area (Å²) in [5.74, 6) is -0.696. The van der Waals surface area contributed by atoms with Crippen LogP contribution in [0.2, 0.25) is 39.3 Å². The second-order valence-corrected chi connectivity index (χ2v) is 17.3. The van der Waals surface area contributed by atoms with Crippen LogP contribution >= 0.6 is 0 Å². The Hall–Kier alpha value is -0.916. The summed E-state index contributed by atoms with van der Waals surface area (Å²) in [4.78, 5) is 11.8. The maximum atomic E-state index is 11.8. The number of carbonyl (C=O) groups is 1. The topological polar surface area (TPSA) is 40.5 Å². The molecule has 1 rings (SSSR count). The van der Waals surface area contributed by atoms with Gasteiger partial charge in [0.05, 0.1) is 0 Å². The quantitative estimate of drug-likeness (QED) is 0.815. The monoisotopic (exact) mass is 309 g/mol. The van der Waals surface area contributed by atoms with E-state index in [-0.39, 0.29) is 0 Å². The highest BCUT2D eigenvalue weighted by Crippen LogP contribution is 2.25. The molecular formula is C15H27NO2Si2. The maximum Gasteiger partial charge on any atom is 0.319 e. The lowest BCUT2D eigenvalue weighted by molar-refractivity contribution is -0.140. The molecule has 0 fully saturated rings. The number of hydrogen-bond acceptors (Lipinski definition) is 2. The summed E-state index contributed by atoms with van der Waals surface area (Å²) in [5, 5.41) is 9.73. The van der Waals surface area contributed by atoms with Gasteiger partial charge in [0.2, 0.25) is 0 Å². The number of benzene rings is 1. The highest BCUT2D eigenvalue weighted by Gasteiger charge is 2.42. The second-order valence-electron chi connectivity index (χ2n) is 7.26. The number of hydrogen-bond donors (Lipinski definition) is 1. The summed E-state index contributed by atoms with van der Waals surface area (Å²) >= 11 is 0. The molecule has 0 aromatic heterocycles. The number of aliphatic carboxylic acids is 1. The van der Waals surface area contributed by atoms with E-state index in [1.807, 2.05) is 30.3 Å². The van der Waals surface area contributed by atoms with E-state index >= 15 is 0 Å². The van der Waals surface area contributed by atoms with E-state index < -0.39 is 28.5 Å². The Morgan fingerprint density at radius 1 is 1.05 bits per heavy atom. The van der Waals surface area contributed by atoms with Crippen molar-refractivity contribution in [3.63, 3.8) is 0 Å². The van der Waals surface area contributed by atoms with Gasteiger partial charge in [-0.05, 0) is 12.0 Å². The molecule has 112 valence electrons. The zero-order valence-corrected chi connectivity index (χ0v) is 15.5. The van der Waals surface area contributed by atoms with Crippen LogP contribution in [0.5, 0.6) is 0 Å². The molecule has 1 aromatic carbocycles. The zero-order chi connectivity index (χ0) is 15.6. The highest BCUT2D eigenvalue weighted by molar-refractivity contribution is 6.89. The lowest BCUT2D eigenvalue weighted by Crippen LogP contribution is -2.65. The van der Waals surface area contributed by atoms with Gasteiger partial charge in [0.15, 0.2) is 0 Å². The molecule has 5 heteroatoms. The molecule has 1 atom stereocenters. The summed E-state index contributed by atoms with van der Waals surface area (Å²) in [6.45, 7) is 13.5. The first-order valence-corrected chi connectivity index (χ1v) is 14.0. The van der Waals surface area contributed by atoms with Crippen LogP contribution in [0, 0.1) is 0 Å². The van der Waals surface area contributed by atoms with Gasteiger partial charge in [-0.25, -0.2) is 0 Å². The van der Waals surface area contributed by atoms with Gasteiger partial charge < -0.3 is 9.34 Å². The van der Waals surface area contributed by atoms with E-state index in [1.165, 1.54) is 0 Å². The first kappa shape index (κ1) is 17.1. The average Bonchev–Trinajstić information content (AvgIpc) is 2.25. The molecule has 0 saturated carbocycles. The molecule has 1 N–H and O–H groups in total. The summed E-state index contributed by atoms with van der Waals surface area (Å²) in [5.41, 5.74) is 1.10. The molecule has 0 saturated heterocycles. The first-order chi connectivity index (χ1) is 9.03. The molecule has 1 aromatic rings. The van der Waals surface area contributed by atoms with Crippen molar-refractivity contribution in [3.8, 4) is 0 Å². The van der Waals surface area contributed by atoms with Crippen molar-refractivity contribution in [2.24, 2.45) is 0 Å². The number of nitrogens with zero attached hydrogens (tertiary/aromatic N) is 1. The van der Waals surface area contributed by atoms with Gasteiger partial charge in [0, 0.05) is 0 Å². The Bertz CT molecular complexity index is 435. The summed E-state index contributed by atoms with van der Waals surface area (Å²) in [6.07, 6.45) is 0.588. The van der Waals surface area contributed by atoms with Crippen LogP contribution in [-0.4, -0.2) is 37.8 Å². The van der Waals surface area contributed by atoms with Crippen LogP contribution < -0.4 is 0 Å². The fourth-order valence-electron chi connectivity index (χ4n) is 3.07. The molecule has 0 bridgehead atoms. The molecule has 0 heterocycles. The first-order valence-electron chi connectivity index (χ1n) is 7.09. The molecular weight excluding hydrogens is 282 g/mol. The van der Waals surface area contributed by atoms with Gasteiger partial charge in [-0.3, -0.25) is 4.79 Å². The van der Waals surface area contributed by atoms with Crippen LogP contribution in [0.3, 0.4) is 0 Å². The molecule has 0 aliphatic carbocycles. The van der Waals surface area contributed by atoms with Crippen LogP contribution in [0.4, 0.5) is 0 Å². The predicted molar refractivity (Wildman–Crippen MR) is 90.1 cm³/mol. The average molecular weight is 310 g/mol. The van der Waals surface area contributed by atoms with Gasteiger partial charge in [0.1, 0.15) is 22.5 Å². The Labute approximate surface area is 124 Å². The van der Waals surface area contributed by atoms with Gasteiger partial charge in [-0.15, -0.1) is 0 Å². The normalized spacial score (nSPS) is 14.3. The van der Waals surface area contributed by atoms with E-state index in [1.54, 1.807) is 0 Å². The standard InChI is InChI=1S/C15H27NO2Si2/c1-19(2,3)16(20(4,5)6)14(15(17)18)12-13-10-8-7-9-11-13/h7-11,14H,12H2,1-6H3,(H,17,18)/t14-/m0/s1. The second kappa shape index (κ2) is 6.24. The van der Waals surface area contributed by atoms with Gasteiger partial charge in [-0.2, -0.15) is 0 Å². The van der Waals surface area contributed by atoms with Gasteiger partial charge in [0.25, 0.3) is 0 Å². The van der Waals surface area contributed by atoms with Crippen LogP contribution in [-0.2, 0) is 11.2 Å². The van der Waals surface area contributed by atoms with E-state index in [9.17, 15) is 9.90 Å². The van der Waals surface area contributed by atoms with Crippen LogP contribution in [0.1, 0.15) is 5.56 Å². The van der Waals surface area contributed by atoms with Crippen molar-refractivity contribution in [1.82, 2.24) is 4.23 Å². The van der Waals surface area contributed by atoms with E-state index in [2.05, 4.69) is 43.5 Å². The third kappa shape index (κ3) is 4.57. The van der Waals surface area contributed by atoms with Crippen molar-refractivity contribution >= 4 is 22.4 Å². The zero-order valence-electron chi connectivity index (χ0n) is 13.5. The van der Waals surface area contributed by atoms with Crippen molar-refractivity contribution in [2.75, 3.05) is 0 Å². The van der Waals surface area contributed by atoms with Crippen molar-refractivity contribution in [2.45, 2.75) is 51.7 Å². The third-order valence-corrected chi connectivity index (χ3v) is 10.9. The predicted octanol–water partition coefficient (Wildman–Crippen LogP) is 3.65. The number of carboxylic acid groups (broad SMARTS) is 1. The molecule has 0 spiro atoms. The molecule has 3 nitrogen and oxygen atoms in total. The number of rotatable bonds is 6. The minimum Gasteiger partial charge on any atom is -0.480 e. The van der Waals surface area contributed by atoms with E-state index in [4.69, 9.17) is 0 Å². The van der Waals surface area contributed by atoms with E-state index in [0.717, 1.165) is 5.56 Å².